The van der Waals surface area contributed by atoms with Gasteiger partial charge in [-0.25, -0.2) is 4.98 Å². The number of benzene rings is 1. The van der Waals surface area contributed by atoms with E-state index in [0.717, 1.165) is 24.6 Å². The topological polar surface area (TPSA) is 36.3 Å². The number of rotatable bonds is 3. The Labute approximate surface area is 162 Å². The number of piperidine rings is 2. The third-order valence-electron chi connectivity index (χ3n) is 7.12. The fourth-order valence-corrected chi connectivity index (χ4v) is 5.57. The Morgan fingerprint density at radius 2 is 1.67 bits per heavy atom. The Hall–Kier alpha value is -1.59. The van der Waals surface area contributed by atoms with Gasteiger partial charge < -0.3 is 19.7 Å². The summed E-state index contributed by atoms with van der Waals surface area (Å²) in [5, 5.41) is 3.48. The van der Waals surface area contributed by atoms with Crippen molar-refractivity contribution in [2.75, 3.05) is 44.2 Å². The quantitative estimate of drug-likeness (QED) is 0.903. The molecule has 0 radical (unpaired) electrons. The second-order valence-electron chi connectivity index (χ2n) is 8.67. The zero-order valence-corrected chi connectivity index (χ0v) is 16.7. The van der Waals surface area contributed by atoms with Crippen LogP contribution in [0, 0.1) is 6.92 Å². The molecule has 1 N–H and O–H groups in total. The number of aryl methyl sites for hydroxylation is 1. The van der Waals surface area contributed by atoms with E-state index in [9.17, 15) is 0 Å². The van der Waals surface area contributed by atoms with Crippen molar-refractivity contribution in [3.05, 3.63) is 24.0 Å². The predicted octanol–water partition coefficient (Wildman–Crippen LogP) is 3.33. The highest BCUT2D eigenvalue weighted by atomic mass is 15.2. The molecule has 0 bridgehead atoms. The highest BCUT2D eigenvalue weighted by Gasteiger charge is 2.27. The average molecular weight is 368 g/mol. The van der Waals surface area contributed by atoms with E-state index in [4.69, 9.17) is 4.98 Å². The van der Waals surface area contributed by atoms with Gasteiger partial charge in [-0.2, -0.15) is 0 Å². The largest absolute Gasteiger partial charge is 0.371 e. The monoisotopic (exact) mass is 367 g/mol. The molecule has 5 nitrogen and oxygen atoms in total. The van der Waals surface area contributed by atoms with E-state index in [2.05, 4.69) is 45.1 Å². The zero-order valence-electron chi connectivity index (χ0n) is 16.7. The second-order valence-corrected chi connectivity index (χ2v) is 8.67. The summed E-state index contributed by atoms with van der Waals surface area (Å²) in [6.45, 7) is 9.57. The van der Waals surface area contributed by atoms with Gasteiger partial charge in [0.1, 0.15) is 0 Å². The smallest absolute Gasteiger partial charge is 0.0961 e. The molecule has 146 valence electrons. The molecule has 1 aromatic heterocycles. The van der Waals surface area contributed by atoms with E-state index in [1.807, 2.05) is 0 Å². The first-order valence-corrected chi connectivity index (χ1v) is 11.0. The van der Waals surface area contributed by atoms with Crippen LogP contribution in [0.15, 0.2) is 18.5 Å². The van der Waals surface area contributed by atoms with Crippen molar-refractivity contribution in [3.63, 3.8) is 0 Å². The fourth-order valence-electron chi connectivity index (χ4n) is 5.57. The summed E-state index contributed by atoms with van der Waals surface area (Å²) < 4.78 is 2.46. The highest BCUT2D eigenvalue weighted by molar-refractivity contribution is 5.85. The van der Waals surface area contributed by atoms with Crippen molar-refractivity contribution < 1.29 is 0 Å². The first-order valence-electron chi connectivity index (χ1n) is 11.0. The number of nitrogens with one attached hydrogen (secondary N) is 1. The molecule has 3 saturated heterocycles. The maximum Gasteiger partial charge on any atom is 0.0961 e. The summed E-state index contributed by atoms with van der Waals surface area (Å²) >= 11 is 0. The zero-order chi connectivity index (χ0) is 18.2. The van der Waals surface area contributed by atoms with Gasteiger partial charge in [-0.05, 0) is 89.3 Å². The van der Waals surface area contributed by atoms with Crippen molar-refractivity contribution in [2.24, 2.45) is 0 Å². The number of hydrogen-bond acceptors (Lipinski definition) is 4. The van der Waals surface area contributed by atoms with E-state index < -0.39 is 0 Å². The fraction of sp³-hybridized carbons (Fsp3) is 0.682. The molecule has 27 heavy (non-hydrogen) atoms. The van der Waals surface area contributed by atoms with Crippen LogP contribution in [0.4, 0.5) is 5.69 Å². The third kappa shape index (κ3) is 3.25. The first kappa shape index (κ1) is 17.5. The number of anilines is 1. The normalized spacial score (nSPS) is 23.5. The lowest BCUT2D eigenvalue weighted by Gasteiger charge is -2.38. The summed E-state index contributed by atoms with van der Waals surface area (Å²) in [4.78, 5) is 10.1. The molecule has 5 rings (SSSR count). The van der Waals surface area contributed by atoms with Gasteiger partial charge in [0, 0.05) is 30.9 Å². The molecular formula is C22H33N5. The van der Waals surface area contributed by atoms with E-state index in [0.29, 0.717) is 6.04 Å². The summed E-state index contributed by atoms with van der Waals surface area (Å²) in [5.74, 6) is 0. The summed E-state index contributed by atoms with van der Waals surface area (Å²) in [6, 6.07) is 5.95. The molecule has 3 fully saturated rings. The Bertz CT molecular complexity index is 777. The lowest BCUT2D eigenvalue weighted by atomic mass is 10.0. The van der Waals surface area contributed by atoms with Gasteiger partial charge in [-0.3, -0.25) is 0 Å². The number of nitrogens with zero attached hydrogens (tertiary/aromatic N) is 4. The molecule has 4 heterocycles. The number of fused-ring (bicyclic) bond motifs is 1. The van der Waals surface area contributed by atoms with Crippen LogP contribution in [0.2, 0.25) is 0 Å². The van der Waals surface area contributed by atoms with Gasteiger partial charge in [0.2, 0.25) is 0 Å². The second kappa shape index (κ2) is 7.44. The van der Waals surface area contributed by atoms with Crippen molar-refractivity contribution in [2.45, 2.75) is 57.5 Å². The summed E-state index contributed by atoms with van der Waals surface area (Å²) in [6.07, 6.45) is 9.91. The van der Waals surface area contributed by atoms with Crippen LogP contribution in [-0.4, -0.2) is 59.8 Å². The van der Waals surface area contributed by atoms with E-state index in [1.54, 1.807) is 0 Å². The minimum atomic E-state index is 0.589. The van der Waals surface area contributed by atoms with Crippen LogP contribution < -0.4 is 10.2 Å². The van der Waals surface area contributed by atoms with Crippen LogP contribution in [0.5, 0.6) is 0 Å². The lowest BCUT2D eigenvalue weighted by molar-refractivity contribution is 0.208. The molecule has 0 saturated carbocycles. The van der Waals surface area contributed by atoms with Crippen molar-refractivity contribution in [3.8, 4) is 0 Å². The van der Waals surface area contributed by atoms with Gasteiger partial charge in [0.25, 0.3) is 0 Å². The van der Waals surface area contributed by atoms with E-state index >= 15 is 0 Å². The van der Waals surface area contributed by atoms with Crippen molar-refractivity contribution in [1.29, 1.82) is 0 Å². The Morgan fingerprint density at radius 3 is 2.41 bits per heavy atom. The standard InChI is InChI=1S/C22H33N5/c1-17-21(26-14-8-18(9-15-26)25-12-2-3-13-25)5-4-20-22(17)27(16-24-20)19-6-10-23-11-7-19/h4-5,16,18-19,23H,2-3,6-15H2,1H3. The number of likely N-dealkylation sites (tertiary alicyclic amines) is 1. The van der Waals surface area contributed by atoms with Gasteiger partial charge >= 0.3 is 0 Å². The van der Waals surface area contributed by atoms with Gasteiger partial charge in [0.05, 0.1) is 17.4 Å². The van der Waals surface area contributed by atoms with Crippen LogP contribution in [0.1, 0.15) is 50.1 Å². The molecule has 3 aliphatic rings. The van der Waals surface area contributed by atoms with Crippen LogP contribution in [0.25, 0.3) is 11.0 Å². The third-order valence-corrected chi connectivity index (χ3v) is 7.12. The van der Waals surface area contributed by atoms with E-state index in [1.165, 1.54) is 81.5 Å². The van der Waals surface area contributed by atoms with Crippen LogP contribution >= 0.6 is 0 Å². The molecule has 0 atom stereocenters. The molecule has 0 unspecified atom stereocenters. The lowest BCUT2D eigenvalue weighted by Crippen LogP contribution is -2.44. The molecule has 2 aromatic rings. The van der Waals surface area contributed by atoms with Gasteiger partial charge in [-0.1, -0.05) is 0 Å². The SMILES string of the molecule is Cc1c(N2CCC(N3CCCC3)CC2)ccc2ncn(C3CCNCC3)c12. The average Bonchev–Trinajstić information content (AvgIpc) is 3.40. The first-order chi connectivity index (χ1) is 13.3. The predicted molar refractivity (Wildman–Crippen MR) is 112 cm³/mol. The molecule has 0 amide bonds. The highest BCUT2D eigenvalue weighted by Crippen LogP contribution is 2.33. The Balaban J connectivity index is 1.38. The minimum absolute atomic E-state index is 0.589. The molecule has 5 heteroatoms. The number of hydrogen-bond donors (Lipinski definition) is 1. The molecule has 1 aromatic carbocycles. The molecule has 0 spiro atoms. The maximum atomic E-state index is 4.72. The molecule has 3 aliphatic heterocycles. The Kier molecular flexibility index (Phi) is 4.82. The maximum absolute atomic E-state index is 4.72. The van der Waals surface area contributed by atoms with Crippen LogP contribution in [0.3, 0.4) is 0 Å². The van der Waals surface area contributed by atoms with Crippen molar-refractivity contribution >= 4 is 16.7 Å². The minimum Gasteiger partial charge on any atom is -0.371 e. The summed E-state index contributed by atoms with van der Waals surface area (Å²) in [7, 11) is 0. The molecular weight excluding hydrogens is 334 g/mol. The van der Waals surface area contributed by atoms with Crippen molar-refractivity contribution in [1.82, 2.24) is 19.8 Å². The van der Waals surface area contributed by atoms with Gasteiger partial charge in [0.15, 0.2) is 0 Å². The molecule has 0 aliphatic carbocycles. The van der Waals surface area contributed by atoms with Crippen LogP contribution in [-0.2, 0) is 0 Å². The Morgan fingerprint density at radius 1 is 0.926 bits per heavy atom. The van der Waals surface area contributed by atoms with E-state index in [-0.39, 0.29) is 0 Å². The van der Waals surface area contributed by atoms with Gasteiger partial charge in [-0.15, -0.1) is 0 Å². The number of aromatic nitrogens is 2. The summed E-state index contributed by atoms with van der Waals surface area (Å²) in [5.41, 5.74) is 5.36. The number of imidazole rings is 1.